The molecule has 78 valence electrons. The zero-order valence-electron chi connectivity index (χ0n) is 9.06. The summed E-state index contributed by atoms with van der Waals surface area (Å²) in [6, 6.07) is 8.25. The molecule has 0 aliphatic heterocycles. The maximum absolute atomic E-state index is 4.36. The van der Waals surface area contributed by atoms with Gasteiger partial charge in [-0.15, -0.1) is 0 Å². The fourth-order valence-electron chi connectivity index (χ4n) is 1.69. The summed E-state index contributed by atoms with van der Waals surface area (Å²) in [5.41, 5.74) is 2.30. The number of benzene rings is 1. The van der Waals surface area contributed by atoms with Gasteiger partial charge in [-0.2, -0.15) is 0 Å². The highest BCUT2D eigenvalue weighted by molar-refractivity contribution is 5.74. The topological polar surface area (TPSA) is 17.8 Å². The van der Waals surface area contributed by atoms with Gasteiger partial charge in [-0.3, -0.25) is 0 Å². The first-order valence-corrected chi connectivity index (χ1v) is 5.46. The van der Waals surface area contributed by atoms with E-state index >= 15 is 0 Å². The second-order valence-electron chi connectivity index (χ2n) is 3.60. The van der Waals surface area contributed by atoms with Crippen molar-refractivity contribution in [3.8, 4) is 0 Å². The van der Waals surface area contributed by atoms with Gasteiger partial charge in [-0.1, -0.05) is 31.2 Å². The molecule has 0 aliphatic rings. The molecule has 0 amide bonds. The van der Waals surface area contributed by atoms with Crippen molar-refractivity contribution >= 4 is 11.0 Å². The summed E-state index contributed by atoms with van der Waals surface area (Å²) in [6.07, 6.45) is 8.55. The van der Waals surface area contributed by atoms with Gasteiger partial charge in [-0.25, -0.2) is 4.98 Å². The van der Waals surface area contributed by atoms with Gasteiger partial charge in [0.05, 0.1) is 17.4 Å². The Morgan fingerprint density at radius 2 is 2.13 bits per heavy atom. The number of aromatic nitrogens is 2. The van der Waals surface area contributed by atoms with Crippen LogP contribution in [0, 0.1) is 0 Å². The van der Waals surface area contributed by atoms with Crippen LogP contribution >= 0.6 is 0 Å². The van der Waals surface area contributed by atoms with Gasteiger partial charge in [0, 0.05) is 6.54 Å². The van der Waals surface area contributed by atoms with Gasteiger partial charge >= 0.3 is 0 Å². The van der Waals surface area contributed by atoms with E-state index in [1.165, 1.54) is 5.52 Å². The molecule has 0 saturated carbocycles. The maximum atomic E-state index is 4.36. The second-order valence-corrected chi connectivity index (χ2v) is 3.60. The average Bonchev–Trinajstić information content (AvgIpc) is 2.68. The molecule has 0 radical (unpaired) electrons. The predicted octanol–water partition coefficient (Wildman–Crippen LogP) is 3.39. The molecule has 1 aromatic heterocycles. The van der Waals surface area contributed by atoms with E-state index in [0.29, 0.717) is 0 Å². The van der Waals surface area contributed by atoms with Crippen LogP contribution in [0.4, 0.5) is 0 Å². The normalized spacial score (nSPS) is 11.5. The van der Waals surface area contributed by atoms with Crippen molar-refractivity contribution in [1.29, 1.82) is 0 Å². The molecule has 0 bridgehead atoms. The fourth-order valence-corrected chi connectivity index (χ4v) is 1.69. The molecule has 2 rings (SSSR count). The molecule has 0 saturated heterocycles. The number of imidazole rings is 1. The van der Waals surface area contributed by atoms with Crippen LogP contribution in [-0.4, -0.2) is 9.55 Å². The smallest absolute Gasteiger partial charge is 0.0958 e. The molecule has 15 heavy (non-hydrogen) atoms. The summed E-state index contributed by atoms with van der Waals surface area (Å²) >= 11 is 0. The molecular weight excluding hydrogens is 184 g/mol. The average molecular weight is 200 g/mol. The minimum Gasteiger partial charge on any atom is -0.330 e. The van der Waals surface area contributed by atoms with E-state index in [4.69, 9.17) is 0 Å². The Morgan fingerprint density at radius 3 is 3.00 bits per heavy atom. The second kappa shape index (κ2) is 4.78. The monoisotopic (exact) mass is 200 g/mol. The van der Waals surface area contributed by atoms with Crippen LogP contribution in [-0.2, 0) is 6.54 Å². The Bertz CT molecular complexity index is 454. The third-order valence-corrected chi connectivity index (χ3v) is 2.47. The fraction of sp³-hybridized carbons (Fsp3) is 0.308. The zero-order chi connectivity index (χ0) is 10.5. The van der Waals surface area contributed by atoms with Crippen LogP contribution in [0.25, 0.3) is 11.0 Å². The SMILES string of the molecule is CC/C=C/CCn1cnc2ccccc21. The summed E-state index contributed by atoms with van der Waals surface area (Å²) in [6.45, 7) is 3.17. The van der Waals surface area contributed by atoms with E-state index in [1.54, 1.807) is 0 Å². The highest BCUT2D eigenvalue weighted by Crippen LogP contribution is 2.12. The summed E-state index contributed by atoms with van der Waals surface area (Å²) in [7, 11) is 0. The lowest BCUT2D eigenvalue weighted by atomic mass is 10.3. The third-order valence-electron chi connectivity index (χ3n) is 2.47. The van der Waals surface area contributed by atoms with E-state index in [1.807, 2.05) is 18.5 Å². The molecule has 0 fully saturated rings. The van der Waals surface area contributed by atoms with E-state index in [9.17, 15) is 0 Å². The number of para-hydroxylation sites is 2. The minimum absolute atomic E-state index is 1.01. The number of rotatable bonds is 4. The van der Waals surface area contributed by atoms with Crippen LogP contribution in [0.3, 0.4) is 0 Å². The first-order chi connectivity index (χ1) is 7.42. The first kappa shape index (κ1) is 9.97. The highest BCUT2D eigenvalue weighted by Gasteiger charge is 1.98. The molecule has 0 unspecified atom stereocenters. The lowest BCUT2D eigenvalue weighted by Gasteiger charge is -2.00. The Balaban J connectivity index is 2.11. The first-order valence-electron chi connectivity index (χ1n) is 5.46. The van der Waals surface area contributed by atoms with Gasteiger partial charge in [0.25, 0.3) is 0 Å². The molecule has 2 nitrogen and oxygen atoms in total. The molecule has 0 N–H and O–H groups in total. The van der Waals surface area contributed by atoms with Crippen molar-refractivity contribution in [2.24, 2.45) is 0 Å². The van der Waals surface area contributed by atoms with Crippen molar-refractivity contribution < 1.29 is 0 Å². The Kier molecular flexibility index (Phi) is 3.18. The Morgan fingerprint density at radius 1 is 1.27 bits per heavy atom. The molecule has 2 heteroatoms. The molecule has 1 aromatic carbocycles. The van der Waals surface area contributed by atoms with Crippen LogP contribution in [0.15, 0.2) is 42.7 Å². The largest absolute Gasteiger partial charge is 0.330 e. The minimum atomic E-state index is 1.01. The van der Waals surface area contributed by atoms with Gasteiger partial charge in [0.1, 0.15) is 0 Å². The van der Waals surface area contributed by atoms with Crippen LogP contribution in [0.2, 0.25) is 0 Å². The number of nitrogens with zero attached hydrogens (tertiary/aromatic N) is 2. The van der Waals surface area contributed by atoms with Crippen molar-refractivity contribution in [3.05, 3.63) is 42.7 Å². The zero-order valence-corrected chi connectivity index (χ0v) is 9.06. The summed E-state index contributed by atoms with van der Waals surface area (Å²) in [5, 5.41) is 0. The lowest BCUT2D eigenvalue weighted by molar-refractivity contribution is 0.729. The van der Waals surface area contributed by atoms with E-state index < -0.39 is 0 Å². The van der Waals surface area contributed by atoms with Gasteiger partial charge in [0.2, 0.25) is 0 Å². The van der Waals surface area contributed by atoms with Crippen molar-refractivity contribution in [3.63, 3.8) is 0 Å². The standard InChI is InChI=1S/C13H16N2/c1-2-3-4-7-10-15-11-14-12-8-5-6-9-13(12)15/h3-6,8-9,11H,2,7,10H2,1H3/b4-3+. The van der Waals surface area contributed by atoms with Crippen LogP contribution < -0.4 is 0 Å². The van der Waals surface area contributed by atoms with Gasteiger partial charge < -0.3 is 4.57 Å². The molecule has 2 aromatic rings. The van der Waals surface area contributed by atoms with E-state index in [-0.39, 0.29) is 0 Å². The quantitative estimate of drug-likeness (QED) is 0.692. The van der Waals surface area contributed by atoms with Gasteiger partial charge in [-0.05, 0) is 25.0 Å². The lowest BCUT2D eigenvalue weighted by Crippen LogP contribution is -1.93. The van der Waals surface area contributed by atoms with Crippen LogP contribution in [0.5, 0.6) is 0 Å². The van der Waals surface area contributed by atoms with Crippen molar-refractivity contribution in [1.82, 2.24) is 9.55 Å². The Labute approximate surface area is 90.3 Å². The van der Waals surface area contributed by atoms with Crippen LogP contribution in [0.1, 0.15) is 19.8 Å². The summed E-state index contributed by atoms with van der Waals surface area (Å²) in [5.74, 6) is 0. The third kappa shape index (κ3) is 2.27. The van der Waals surface area contributed by atoms with Crippen molar-refractivity contribution in [2.45, 2.75) is 26.3 Å². The maximum Gasteiger partial charge on any atom is 0.0958 e. The molecule has 0 atom stereocenters. The number of aryl methyl sites for hydroxylation is 1. The van der Waals surface area contributed by atoms with Crippen molar-refractivity contribution in [2.75, 3.05) is 0 Å². The summed E-state index contributed by atoms with van der Waals surface area (Å²) in [4.78, 5) is 4.36. The van der Waals surface area contributed by atoms with E-state index in [2.05, 4.69) is 40.8 Å². The number of allylic oxidation sites excluding steroid dienone is 2. The predicted molar refractivity (Wildman–Crippen MR) is 63.8 cm³/mol. The molecule has 0 spiro atoms. The number of hydrogen-bond acceptors (Lipinski definition) is 1. The number of hydrogen-bond donors (Lipinski definition) is 0. The molecular formula is C13H16N2. The molecule has 1 heterocycles. The number of fused-ring (bicyclic) bond motifs is 1. The Hall–Kier alpha value is -1.57. The van der Waals surface area contributed by atoms with E-state index in [0.717, 1.165) is 24.9 Å². The highest BCUT2D eigenvalue weighted by atomic mass is 15.0. The summed E-state index contributed by atoms with van der Waals surface area (Å²) < 4.78 is 2.20. The van der Waals surface area contributed by atoms with Gasteiger partial charge in [0.15, 0.2) is 0 Å². The molecule has 0 aliphatic carbocycles.